The number of piperidine rings is 1. The maximum absolute atomic E-state index is 11.2. The molecule has 0 radical (unpaired) electrons. The third-order valence-electron chi connectivity index (χ3n) is 4.15. The lowest BCUT2D eigenvalue weighted by atomic mass is 9.99. The Labute approximate surface area is 140 Å². The van der Waals surface area contributed by atoms with Gasteiger partial charge >= 0.3 is 0 Å². The van der Waals surface area contributed by atoms with Crippen molar-refractivity contribution in [3.8, 4) is 5.75 Å². The number of likely N-dealkylation sites (tertiary alicyclic amines) is 1. The van der Waals surface area contributed by atoms with E-state index in [9.17, 15) is 4.79 Å². The maximum atomic E-state index is 11.2. The number of carbonyl (C=O) groups is 1. The van der Waals surface area contributed by atoms with Gasteiger partial charge in [-0.3, -0.25) is 9.69 Å². The third-order valence-corrected chi connectivity index (χ3v) is 5.07. The molecule has 3 rings (SSSR count). The minimum Gasteiger partial charge on any atom is -0.493 e. The average molecular weight is 330 g/mol. The highest BCUT2D eigenvalue weighted by Crippen LogP contribution is 2.22. The Bertz CT molecular complexity index is 641. The number of hydrogen-bond donors (Lipinski definition) is 1. The molecule has 1 aromatic carbocycles. The van der Waals surface area contributed by atoms with Crippen LogP contribution in [0.4, 0.5) is 0 Å². The average Bonchev–Trinajstić information content (AvgIpc) is 3.03. The summed E-state index contributed by atoms with van der Waals surface area (Å²) in [5.74, 6) is 1.15. The summed E-state index contributed by atoms with van der Waals surface area (Å²) in [5, 5.41) is 1.84. The number of nitrogens with two attached hydrogens (primary N) is 1. The molecule has 0 spiro atoms. The summed E-state index contributed by atoms with van der Waals surface area (Å²) in [6.45, 7) is 3.79. The molecular weight excluding hydrogens is 308 g/mol. The lowest BCUT2D eigenvalue weighted by molar-refractivity contribution is 0.100. The molecule has 2 heterocycles. The Hall–Kier alpha value is -1.85. The van der Waals surface area contributed by atoms with Gasteiger partial charge in [0.1, 0.15) is 5.75 Å². The van der Waals surface area contributed by atoms with Crippen LogP contribution in [0.15, 0.2) is 41.8 Å². The first-order valence-corrected chi connectivity index (χ1v) is 8.86. The van der Waals surface area contributed by atoms with Crippen molar-refractivity contribution in [3.05, 3.63) is 52.2 Å². The van der Waals surface area contributed by atoms with E-state index in [1.54, 1.807) is 11.3 Å². The molecule has 5 heteroatoms. The smallest absolute Gasteiger partial charge is 0.249 e. The first kappa shape index (κ1) is 16.0. The molecule has 1 fully saturated rings. The monoisotopic (exact) mass is 330 g/mol. The van der Waals surface area contributed by atoms with Crippen LogP contribution in [0, 0.1) is 5.92 Å². The zero-order chi connectivity index (χ0) is 16.1. The number of rotatable bonds is 6. The second kappa shape index (κ2) is 7.62. The van der Waals surface area contributed by atoms with Crippen molar-refractivity contribution in [2.24, 2.45) is 11.7 Å². The van der Waals surface area contributed by atoms with Gasteiger partial charge in [0, 0.05) is 29.3 Å². The maximum Gasteiger partial charge on any atom is 0.249 e. The zero-order valence-electron chi connectivity index (χ0n) is 13.1. The van der Waals surface area contributed by atoms with E-state index in [1.165, 1.54) is 17.7 Å². The van der Waals surface area contributed by atoms with Crippen LogP contribution in [0.25, 0.3) is 0 Å². The van der Waals surface area contributed by atoms with Gasteiger partial charge < -0.3 is 10.5 Å². The minimum absolute atomic E-state index is 0.347. The van der Waals surface area contributed by atoms with E-state index in [-0.39, 0.29) is 5.91 Å². The van der Waals surface area contributed by atoms with Crippen molar-refractivity contribution < 1.29 is 9.53 Å². The fourth-order valence-corrected chi connectivity index (χ4v) is 3.89. The Kier molecular flexibility index (Phi) is 5.31. The van der Waals surface area contributed by atoms with Gasteiger partial charge in [-0.05, 0) is 37.6 Å². The van der Waals surface area contributed by atoms with Crippen LogP contribution in [0.1, 0.15) is 28.1 Å². The van der Waals surface area contributed by atoms with Crippen molar-refractivity contribution in [2.75, 3.05) is 19.7 Å². The van der Waals surface area contributed by atoms with Gasteiger partial charge in [-0.15, -0.1) is 11.3 Å². The zero-order valence-corrected chi connectivity index (χ0v) is 13.9. The van der Waals surface area contributed by atoms with Gasteiger partial charge in [-0.1, -0.05) is 18.2 Å². The summed E-state index contributed by atoms with van der Waals surface area (Å²) in [7, 11) is 0. The fourth-order valence-electron chi connectivity index (χ4n) is 2.97. The quantitative estimate of drug-likeness (QED) is 0.885. The highest BCUT2D eigenvalue weighted by Gasteiger charge is 2.21. The molecule has 0 saturated carbocycles. The van der Waals surface area contributed by atoms with E-state index < -0.39 is 0 Å². The lowest BCUT2D eigenvalue weighted by Crippen LogP contribution is -2.37. The highest BCUT2D eigenvalue weighted by molar-refractivity contribution is 7.10. The van der Waals surface area contributed by atoms with Crippen molar-refractivity contribution in [2.45, 2.75) is 19.4 Å². The van der Waals surface area contributed by atoms with Gasteiger partial charge in [0.15, 0.2) is 0 Å². The number of ether oxygens (including phenoxy) is 1. The van der Waals surface area contributed by atoms with E-state index in [1.807, 2.05) is 41.8 Å². The van der Waals surface area contributed by atoms with Gasteiger partial charge in [0.2, 0.25) is 5.91 Å². The summed E-state index contributed by atoms with van der Waals surface area (Å²) in [5.41, 5.74) is 5.93. The molecular formula is C18H22N2O2S. The number of hydrogen-bond acceptors (Lipinski definition) is 4. The first-order valence-electron chi connectivity index (χ1n) is 7.98. The van der Waals surface area contributed by atoms with E-state index >= 15 is 0 Å². The number of benzene rings is 1. The Morgan fingerprint density at radius 3 is 2.91 bits per heavy atom. The second-order valence-electron chi connectivity index (χ2n) is 6.03. The molecule has 1 aliphatic heterocycles. The van der Waals surface area contributed by atoms with Crippen molar-refractivity contribution in [1.29, 1.82) is 0 Å². The number of nitrogens with zero attached hydrogens (tertiary/aromatic N) is 1. The van der Waals surface area contributed by atoms with Crippen molar-refractivity contribution in [3.63, 3.8) is 0 Å². The predicted molar refractivity (Wildman–Crippen MR) is 92.8 cm³/mol. The second-order valence-corrected chi connectivity index (χ2v) is 7.03. The van der Waals surface area contributed by atoms with Crippen molar-refractivity contribution >= 4 is 17.2 Å². The van der Waals surface area contributed by atoms with Gasteiger partial charge in [-0.2, -0.15) is 0 Å². The normalized spacial score (nSPS) is 18.7. The summed E-state index contributed by atoms with van der Waals surface area (Å²) in [6, 6.07) is 11.9. The molecule has 1 aliphatic rings. The topological polar surface area (TPSA) is 55.6 Å². The van der Waals surface area contributed by atoms with Gasteiger partial charge in [0.05, 0.1) is 12.2 Å². The molecule has 4 nitrogen and oxygen atoms in total. The lowest BCUT2D eigenvalue weighted by Gasteiger charge is -2.32. The Morgan fingerprint density at radius 1 is 1.35 bits per heavy atom. The summed E-state index contributed by atoms with van der Waals surface area (Å²) < 4.78 is 5.89. The molecule has 23 heavy (non-hydrogen) atoms. The van der Waals surface area contributed by atoms with Crippen molar-refractivity contribution in [1.82, 2.24) is 4.90 Å². The molecule has 2 N–H and O–H groups in total. The molecule has 0 aliphatic carbocycles. The number of carbonyl (C=O) groups excluding carboxylic acids is 1. The number of para-hydroxylation sites is 1. The van der Waals surface area contributed by atoms with Crippen LogP contribution in [-0.2, 0) is 6.54 Å². The summed E-state index contributed by atoms with van der Waals surface area (Å²) in [4.78, 5) is 14.8. The Balaban J connectivity index is 1.50. The van der Waals surface area contributed by atoms with Crippen LogP contribution in [0.5, 0.6) is 5.75 Å². The predicted octanol–water partition coefficient (Wildman–Crippen LogP) is 3.14. The molecule has 1 amide bonds. The van der Waals surface area contributed by atoms with Crippen LogP contribution in [0.2, 0.25) is 0 Å². The molecule has 1 aromatic heterocycles. The van der Waals surface area contributed by atoms with Crippen LogP contribution in [0.3, 0.4) is 0 Å². The highest BCUT2D eigenvalue weighted by atomic mass is 32.1. The van der Waals surface area contributed by atoms with Crippen LogP contribution >= 0.6 is 11.3 Å². The van der Waals surface area contributed by atoms with E-state index in [4.69, 9.17) is 10.5 Å². The van der Waals surface area contributed by atoms with E-state index in [2.05, 4.69) is 4.90 Å². The van der Waals surface area contributed by atoms with Crippen LogP contribution in [-0.4, -0.2) is 30.5 Å². The van der Waals surface area contributed by atoms with Gasteiger partial charge in [0.25, 0.3) is 0 Å². The number of thiophene rings is 1. The number of primary amides is 1. The molecule has 2 aromatic rings. The van der Waals surface area contributed by atoms with Crippen LogP contribution < -0.4 is 10.5 Å². The number of amides is 1. The standard InChI is InChI=1S/C18H22N2O2S/c19-18(21)15-9-17(23-13-15)11-20-8-4-5-14(10-20)12-22-16-6-2-1-3-7-16/h1-3,6-7,9,13-14H,4-5,8,10-12H2,(H2,19,21)/t14-/m1/s1. The minimum atomic E-state index is -0.347. The molecule has 0 unspecified atom stereocenters. The molecule has 1 saturated heterocycles. The first-order chi connectivity index (χ1) is 11.2. The molecule has 122 valence electrons. The molecule has 1 atom stereocenters. The SMILES string of the molecule is NC(=O)c1csc(CN2CCC[C@@H](COc3ccccc3)C2)c1. The van der Waals surface area contributed by atoms with E-state index in [0.29, 0.717) is 11.5 Å². The fraction of sp³-hybridized carbons (Fsp3) is 0.389. The largest absolute Gasteiger partial charge is 0.493 e. The Morgan fingerprint density at radius 2 is 2.17 bits per heavy atom. The molecule has 0 bridgehead atoms. The van der Waals surface area contributed by atoms with Gasteiger partial charge in [-0.25, -0.2) is 0 Å². The van der Waals surface area contributed by atoms with E-state index in [0.717, 1.165) is 32.0 Å². The summed E-state index contributed by atoms with van der Waals surface area (Å²) >= 11 is 1.61. The third kappa shape index (κ3) is 4.56. The summed E-state index contributed by atoms with van der Waals surface area (Å²) in [6.07, 6.45) is 2.40.